The van der Waals surface area contributed by atoms with Crippen LogP contribution in [-0.2, 0) is 6.18 Å². The minimum absolute atomic E-state index is 0.0122. The number of aromatic nitrogens is 1. The number of pyridine rings is 1. The number of alkyl halides is 3. The molecule has 0 bridgehead atoms. The van der Waals surface area contributed by atoms with Crippen molar-refractivity contribution in [3.8, 4) is 11.1 Å². The second-order valence-corrected chi connectivity index (χ2v) is 12.6. The molecule has 0 spiro atoms. The molecule has 1 aliphatic heterocycles. The van der Waals surface area contributed by atoms with E-state index in [-0.39, 0.29) is 30.1 Å². The second-order valence-electron chi connectivity index (χ2n) is 12.6. The van der Waals surface area contributed by atoms with Gasteiger partial charge in [-0.3, -0.25) is 4.79 Å². The first kappa shape index (κ1) is 30.4. The highest BCUT2D eigenvalue weighted by atomic mass is 19.4. The van der Waals surface area contributed by atoms with Gasteiger partial charge in [0.15, 0.2) is 0 Å². The maximum absolute atomic E-state index is 13.0. The molecular weight excluding hydrogens is 563 g/mol. The molecule has 1 aromatic heterocycles. The van der Waals surface area contributed by atoms with Crippen molar-refractivity contribution in [2.24, 2.45) is 0 Å². The van der Waals surface area contributed by atoms with Gasteiger partial charge in [-0.2, -0.15) is 13.2 Å². The van der Waals surface area contributed by atoms with E-state index in [9.17, 15) is 18.0 Å². The van der Waals surface area contributed by atoms with Gasteiger partial charge in [-0.05, 0) is 98.2 Å². The van der Waals surface area contributed by atoms with Gasteiger partial charge in [0.2, 0.25) is 0 Å². The molecule has 6 rings (SSSR count). The van der Waals surface area contributed by atoms with Gasteiger partial charge in [0, 0.05) is 54.7 Å². The Morgan fingerprint density at radius 1 is 0.795 bits per heavy atom. The van der Waals surface area contributed by atoms with Crippen LogP contribution in [0, 0.1) is 0 Å². The molecule has 3 aromatic rings. The molecule has 6 nitrogen and oxygen atoms in total. The van der Waals surface area contributed by atoms with Crippen molar-refractivity contribution >= 4 is 17.4 Å². The fourth-order valence-corrected chi connectivity index (χ4v) is 7.07. The van der Waals surface area contributed by atoms with E-state index in [1.54, 1.807) is 12.1 Å². The van der Waals surface area contributed by atoms with E-state index < -0.39 is 11.7 Å². The molecule has 44 heavy (non-hydrogen) atoms. The molecule has 3 atom stereocenters. The monoisotopic (exact) mass is 605 g/mol. The maximum atomic E-state index is 13.0. The Morgan fingerprint density at radius 2 is 1.50 bits per heavy atom. The number of halogens is 3. The fraction of sp³-hybridized carbons (Fsp3) is 0.486. The Morgan fingerprint density at radius 3 is 2.27 bits per heavy atom. The van der Waals surface area contributed by atoms with Crippen LogP contribution in [-0.4, -0.2) is 48.1 Å². The Labute approximate surface area is 257 Å². The van der Waals surface area contributed by atoms with Gasteiger partial charge in [0.05, 0.1) is 5.56 Å². The quantitative estimate of drug-likeness (QED) is 0.249. The van der Waals surface area contributed by atoms with Gasteiger partial charge in [-0.1, -0.05) is 37.8 Å². The molecule has 3 N–H and O–H groups in total. The van der Waals surface area contributed by atoms with Crippen LogP contribution < -0.4 is 20.9 Å². The predicted molar refractivity (Wildman–Crippen MR) is 169 cm³/mol. The summed E-state index contributed by atoms with van der Waals surface area (Å²) in [6.07, 6.45) is 8.40. The molecule has 1 amide bonds. The molecule has 2 heterocycles. The Bertz CT molecular complexity index is 1410. The van der Waals surface area contributed by atoms with E-state index in [0.717, 1.165) is 87.1 Å². The number of anilines is 2. The lowest BCUT2D eigenvalue weighted by atomic mass is 9.89. The van der Waals surface area contributed by atoms with Crippen molar-refractivity contribution < 1.29 is 18.0 Å². The molecule has 2 aromatic carbocycles. The second kappa shape index (κ2) is 13.6. The van der Waals surface area contributed by atoms with Gasteiger partial charge < -0.3 is 20.9 Å². The molecule has 9 heteroatoms. The van der Waals surface area contributed by atoms with Gasteiger partial charge >= 0.3 is 6.18 Å². The van der Waals surface area contributed by atoms with Crippen LogP contribution in [0.2, 0.25) is 0 Å². The Kier molecular flexibility index (Phi) is 9.40. The summed E-state index contributed by atoms with van der Waals surface area (Å²) in [6.45, 7) is 1.61. The van der Waals surface area contributed by atoms with Gasteiger partial charge in [-0.15, -0.1) is 0 Å². The standard InChI is InChI=1S/C35H42F3N5O/c36-35(37,38)27-14-16-30(17-15-27)43-20-6-11-29(23-43)40-31-12-3-4-13-32(31)42-33-22-25(18-19-39-33)24-7-5-8-26(21-24)34(44)41-28-9-1-2-10-28/h5,7-8,14-19,21-22,28-29,31-32,40H,1-4,6,9-13,20,23H2,(H,39,42)(H,41,44)/t29-,31+,32+/m0/s1. The summed E-state index contributed by atoms with van der Waals surface area (Å²) in [6, 6.07) is 18.4. The zero-order valence-electron chi connectivity index (χ0n) is 25.1. The van der Waals surface area contributed by atoms with Crippen LogP contribution >= 0.6 is 0 Å². The number of nitrogens with zero attached hydrogens (tertiary/aromatic N) is 2. The Hall–Kier alpha value is -3.59. The van der Waals surface area contributed by atoms with E-state index in [0.29, 0.717) is 5.56 Å². The maximum Gasteiger partial charge on any atom is 0.416 e. The van der Waals surface area contributed by atoms with Crippen molar-refractivity contribution in [1.29, 1.82) is 0 Å². The normalized spacial score (nSPS) is 23.0. The van der Waals surface area contributed by atoms with Crippen molar-refractivity contribution in [2.75, 3.05) is 23.3 Å². The van der Waals surface area contributed by atoms with Gasteiger partial charge in [0.25, 0.3) is 5.91 Å². The fourth-order valence-electron chi connectivity index (χ4n) is 7.07. The summed E-state index contributed by atoms with van der Waals surface area (Å²) in [4.78, 5) is 19.7. The third kappa shape index (κ3) is 7.54. The summed E-state index contributed by atoms with van der Waals surface area (Å²) >= 11 is 0. The van der Waals surface area contributed by atoms with Crippen LogP contribution in [0.5, 0.6) is 0 Å². The van der Waals surface area contributed by atoms with Crippen LogP contribution in [0.15, 0.2) is 66.9 Å². The van der Waals surface area contributed by atoms with E-state index in [2.05, 4.69) is 31.9 Å². The van der Waals surface area contributed by atoms with E-state index >= 15 is 0 Å². The average Bonchev–Trinajstić information content (AvgIpc) is 3.55. The smallest absolute Gasteiger partial charge is 0.370 e. The number of carbonyl (C=O) groups excluding carboxylic acids is 1. The number of hydrogen-bond acceptors (Lipinski definition) is 5. The first-order valence-electron chi connectivity index (χ1n) is 16.1. The first-order valence-corrected chi connectivity index (χ1v) is 16.1. The molecule has 2 saturated carbocycles. The van der Waals surface area contributed by atoms with E-state index in [4.69, 9.17) is 0 Å². The lowest BCUT2D eigenvalue weighted by Crippen LogP contribution is -2.55. The highest BCUT2D eigenvalue weighted by Crippen LogP contribution is 2.32. The molecule has 0 radical (unpaired) electrons. The number of amides is 1. The third-order valence-electron chi connectivity index (χ3n) is 9.44. The van der Waals surface area contributed by atoms with Crippen molar-refractivity contribution in [3.05, 3.63) is 78.0 Å². The van der Waals surface area contributed by atoms with Crippen LogP contribution in [0.4, 0.5) is 24.7 Å². The number of carbonyl (C=O) groups is 1. The predicted octanol–water partition coefficient (Wildman–Crippen LogP) is 7.42. The van der Waals surface area contributed by atoms with Crippen LogP contribution in [0.25, 0.3) is 11.1 Å². The van der Waals surface area contributed by atoms with Crippen molar-refractivity contribution in [3.63, 3.8) is 0 Å². The molecule has 2 aliphatic carbocycles. The zero-order chi connectivity index (χ0) is 30.5. The lowest BCUT2D eigenvalue weighted by molar-refractivity contribution is -0.137. The highest BCUT2D eigenvalue weighted by Gasteiger charge is 2.32. The van der Waals surface area contributed by atoms with Gasteiger partial charge in [0.1, 0.15) is 5.82 Å². The van der Waals surface area contributed by atoms with Crippen molar-refractivity contribution in [1.82, 2.24) is 15.6 Å². The first-order chi connectivity index (χ1) is 21.3. The lowest BCUT2D eigenvalue weighted by Gasteiger charge is -2.40. The third-order valence-corrected chi connectivity index (χ3v) is 9.44. The largest absolute Gasteiger partial charge is 0.416 e. The summed E-state index contributed by atoms with van der Waals surface area (Å²) in [5.41, 5.74) is 2.90. The molecular formula is C35H42F3N5O. The zero-order valence-corrected chi connectivity index (χ0v) is 25.1. The Balaban J connectivity index is 1.09. The van der Waals surface area contributed by atoms with E-state index in [1.165, 1.54) is 25.0 Å². The number of rotatable bonds is 8. The van der Waals surface area contributed by atoms with Gasteiger partial charge in [-0.25, -0.2) is 4.98 Å². The van der Waals surface area contributed by atoms with Crippen molar-refractivity contribution in [2.45, 2.75) is 94.6 Å². The number of piperidine rings is 1. The molecule has 1 saturated heterocycles. The SMILES string of the molecule is O=C(NC1CCCC1)c1cccc(-c2ccnc(N[C@@H]3CCCC[C@H]3N[C@H]3CCCN(c4ccc(C(F)(F)F)cc4)C3)c2)c1. The minimum Gasteiger partial charge on any atom is -0.370 e. The number of benzene rings is 2. The van der Waals surface area contributed by atoms with Crippen LogP contribution in [0.1, 0.15) is 80.1 Å². The minimum atomic E-state index is -4.32. The summed E-state index contributed by atoms with van der Waals surface area (Å²) in [7, 11) is 0. The summed E-state index contributed by atoms with van der Waals surface area (Å²) < 4.78 is 39.1. The molecule has 3 fully saturated rings. The van der Waals surface area contributed by atoms with Crippen LogP contribution in [0.3, 0.4) is 0 Å². The number of nitrogens with one attached hydrogen (secondary N) is 3. The molecule has 3 aliphatic rings. The summed E-state index contributed by atoms with van der Waals surface area (Å²) in [5.74, 6) is 0.805. The molecule has 234 valence electrons. The highest BCUT2D eigenvalue weighted by molar-refractivity contribution is 5.95. The average molecular weight is 606 g/mol. The van der Waals surface area contributed by atoms with E-state index in [1.807, 2.05) is 36.5 Å². The topological polar surface area (TPSA) is 69.3 Å². The summed E-state index contributed by atoms with van der Waals surface area (Å²) in [5, 5.41) is 10.8. The number of hydrogen-bond donors (Lipinski definition) is 3. The molecule has 0 unspecified atom stereocenters.